The lowest BCUT2D eigenvalue weighted by Crippen LogP contribution is -2.63. The van der Waals surface area contributed by atoms with Crippen molar-refractivity contribution in [3.8, 4) is 0 Å². The van der Waals surface area contributed by atoms with Gasteiger partial charge >= 0.3 is 5.97 Å². The Morgan fingerprint density at radius 3 is 2.50 bits per heavy atom. The first-order valence-electron chi connectivity index (χ1n) is 9.81. The molecule has 0 saturated heterocycles. The van der Waals surface area contributed by atoms with Crippen LogP contribution in [-0.2, 0) is 10.3 Å². The van der Waals surface area contributed by atoms with Crippen LogP contribution in [0.1, 0.15) is 32.1 Å². The van der Waals surface area contributed by atoms with Gasteiger partial charge in [-0.05, 0) is 62.0 Å². The SMILES string of the molecule is O=C(O)[C@H]1C2C[C@@H]3C[C@H](C2)CC1(n1ncc(Nc2ccccc2)c(Cl)c1=O)C3. The Balaban J connectivity index is 1.58. The Morgan fingerprint density at radius 2 is 1.86 bits per heavy atom. The second-order valence-electron chi connectivity index (χ2n) is 8.61. The molecule has 1 heterocycles. The Hall–Kier alpha value is -2.34. The number of carbonyl (C=O) groups is 1. The molecule has 0 radical (unpaired) electrons. The lowest BCUT2D eigenvalue weighted by molar-refractivity contribution is -0.168. The summed E-state index contributed by atoms with van der Waals surface area (Å²) in [6.45, 7) is 0. The van der Waals surface area contributed by atoms with Gasteiger partial charge in [0.1, 0.15) is 5.02 Å². The van der Waals surface area contributed by atoms with E-state index >= 15 is 0 Å². The summed E-state index contributed by atoms with van der Waals surface area (Å²) in [6.07, 6.45) is 5.99. The Labute approximate surface area is 167 Å². The third-order valence-corrected chi connectivity index (χ3v) is 7.30. The molecular weight excluding hydrogens is 378 g/mol. The largest absolute Gasteiger partial charge is 0.481 e. The number of anilines is 2. The van der Waals surface area contributed by atoms with E-state index in [4.69, 9.17) is 11.6 Å². The molecule has 2 N–H and O–H groups in total. The summed E-state index contributed by atoms with van der Waals surface area (Å²) in [7, 11) is 0. The molecule has 0 aliphatic heterocycles. The van der Waals surface area contributed by atoms with Crippen molar-refractivity contribution in [1.29, 1.82) is 0 Å². The summed E-state index contributed by atoms with van der Waals surface area (Å²) in [5.74, 6) is -0.321. The first-order chi connectivity index (χ1) is 13.5. The van der Waals surface area contributed by atoms with Crippen molar-refractivity contribution >= 4 is 28.9 Å². The Morgan fingerprint density at radius 1 is 1.18 bits per heavy atom. The number of aliphatic carboxylic acids is 1. The maximum absolute atomic E-state index is 13.2. The van der Waals surface area contributed by atoms with E-state index in [1.54, 1.807) is 6.20 Å². The van der Waals surface area contributed by atoms with Gasteiger partial charge < -0.3 is 10.4 Å². The van der Waals surface area contributed by atoms with Crippen LogP contribution in [0, 0.1) is 23.7 Å². The van der Waals surface area contributed by atoms with E-state index in [1.807, 2.05) is 30.3 Å². The van der Waals surface area contributed by atoms with Crippen LogP contribution in [0.2, 0.25) is 5.02 Å². The minimum atomic E-state index is -0.819. The summed E-state index contributed by atoms with van der Waals surface area (Å²) in [6, 6.07) is 9.43. The van der Waals surface area contributed by atoms with Gasteiger partial charge in [-0.25, -0.2) is 4.68 Å². The van der Waals surface area contributed by atoms with Gasteiger partial charge in [-0.1, -0.05) is 29.8 Å². The van der Waals surface area contributed by atoms with Crippen molar-refractivity contribution < 1.29 is 9.90 Å². The second kappa shape index (κ2) is 6.34. The Bertz CT molecular complexity index is 976. The standard InChI is InChI=1S/C21H22ClN3O3/c22-18-16(24-15-4-2-1-3-5-15)11-23-25(19(18)26)21-9-12-6-13(10-21)8-14(7-12)17(21)20(27)28/h1-5,11-14,17,24H,6-10H2,(H,27,28)/t12-,13+,14?,17-,21?/m1/s1. The highest BCUT2D eigenvalue weighted by Gasteiger charge is 2.61. The number of benzene rings is 1. The molecule has 4 aliphatic rings. The van der Waals surface area contributed by atoms with Gasteiger partial charge in [-0.2, -0.15) is 5.10 Å². The van der Waals surface area contributed by atoms with Crippen molar-refractivity contribution in [3.05, 3.63) is 51.9 Å². The molecule has 1 aromatic carbocycles. The van der Waals surface area contributed by atoms with Gasteiger partial charge in [0.2, 0.25) is 0 Å². The van der Waals surface area contributed by atoms with E-state index in [2.05, 4.69) is 10.4 Å². The second-order valence-corrected chi connectivity index (χ2v) is 8.99. The number of hydrogen-bond donors (Lipinski definition) is 2. The summed E-state index contributed by atoms with van der Waals surface area (Å²) in [4.78, 5) is 25.4. The van der Waals surface area contributed by atoms with E-state index in [0.29, 0.717) is 30.4 Å². The van der Waals surface area contributed by atoms with Crippen LogP contribution in [0.15, 0.2) is 41.3 Å². The van der Waals surface area contributed by atoms with Gasteiger partial charge in [0.05, 0.1) is 23.3 Å². The Kier molecular flexibility index (Phi) is 4.02. The van der Waals surface area contributed by atoms with Crippen molar-refractivity contribution in [2.24, 2.45) is 23.7 Å². The molecule has 4 fully saturated rings. The average molecular weight is 400 g/mol. The number of nitrogens with zero attached hydrogens (tertiary/aromatic N) is 2. The van der Waals surface area contributed by atoms with Crippen LogP contribution in [0.3, 0.4) is 0 Å². The lowest BCUT2D eigenvalue weighted by Gasteiger charge is -2.59. The minimum absolute atomic E-state index is 0.0544. The number of aromatic nitrogens is 2. The fraction of sp³-hybridized carbons (Fsp3) is 0.476. The highest BCUT2D eigenvalue weighted by molar-refractivity contribution is 6.33. The van der Waals surface area contributed by atoms with Crippen molar-refractivity contribution in [2.75, 3.05) is 5.32 Å². The van der Waals surface area contributed by atoms with Crippen LogP contribution in [0.25, 0.3) is 0 Å². The zero-order chi connectivity index (χ0) is 19.5. The van der Waals surface area contributed by atoms with Crippen molar-refractivity contribution in [3.63, 3.8) is 0 Å². The van der Waals surface area contributed by atoms with Crippen LogP contribution in [-0.4, -0.2) is 20.9 Å². The van der Waals surface area contributed by atoms with Gasteiger partial charge in [0.15, 0.2) is 0 Å². The summed E-state index contributed by atoms with van der Waals surface area (Å²) in [5.41, 5.74) is 0.0788. The molecular formula is C21H22ClN3O3. The molecule has 0 amide bonds. The first-order valence-corrected chi connectivity index (χ1v) is 10.2. The molecule has 4 bridgehead atoms. The van der Waals surface area contributed by atoms with Crippen molar-refractivity contribution in [2.45, 2.75) is 37.6 Å². The lowest BCUT2D eigenvalue weighted by atomic mass is 9.48. The smallest absolute Gasteiger partial charge is 0.309 e. The predicted molar refractivity (Wildman–Crippen MR) is 106 cm³/mol. The molecule has 146 valence electrons. The molecule has 5 atom stereocenters. The molecule has 1 aromatic heterocycles. The van der Waals surface area contributed by atoms with Crippen LogP contribution < -0.4 is 10.9 Å². The van der Waals surface area contributed by atoms with Gasteiger partial charge in [0.25, 0.3) is 5.56 Å². The van der Waals surface area contributed by atoms with E-state index in [1.165, 1.54) is 4.68 Å². The normalized spacial score (nSPS) is 33.0. The summed E-state index contributed by atoms with van der Waals surface area (Å²) < 4.78 is 1.41. The molecule has 2 unspecified atom stereocenters. The third-order valence-electron chi connectivity index (χ3n) is 6.93. The molecule has 6 rings (SSSR count). The zero-order valence-electron chi connectivity index (χ0n) is 15.3. The van der Waals surface area contributed by atoms with Crippen LogP contribution in [0.4, 0.5) is 11.4 Å². The maximum Gasteiger partial charge on any atom is 0.309 e. The van der Waals surface area contributed by atoms with Gasteiger partial charge in [-0.15, -0.1) is 0 Å². The molecule has 2 aromatic rings. The average Bonchev–Trinajstić information content (AvgIpc) is 2.65. The molecule has 4 saturated carbocycles. The highest BCUT2D eigenvalue weighted by Crippen LogP contribution is 2.61. The maximum atomic E-state index is 13.2. The molecule has 28 heavy (non-hydrogen) atoms. The molecule has 7 heteroatoms. The molecule has 6 nitrogen and oxygen atoms in total. The monoisotopic (exact) mass is 399 g/mol. The number of nitrogens with one attached hydrogen (secondary N) is 1. The van der Waals surface area contributed by atoms with Crippen molar-refractivity contribution in [1.82, 2.24) is 9.78 Å². The summed E-state index contributed by atoms with van der Waals surface area (Å²) >= 11 is 6.43. The molecule has 0 spiro atoms. The van der Waals surface area contributed by atoms with Crippen LogP contribution >= 0.6 is 11.6 Å². The minimum Gasteiger partial charge on any atom is -0.481 e. The number of carboxylic acids is 1. The van der Waals surface area contributed by atoms with Gasteiger partial charge in [0, 0.05) is 5.69 Å². The van der Waals surface area contributed by atoms with Gasteiger partial charge in [-0.3, -0.25) is 9.59 Å². The number of halogens is 1. The zero-order valence-corrected chi connectivity index (χ0v) is 16.1. The van der Waals surface area contributed by atoms with E-state index in [9.17, 15) is 14.7 Å². The highest BCUT2D eigenvalue weighted by atomic mass is 35.5. The van der Waals surface area contributed by atoms with E-state index in [0.717, 1.165) is 24.9 Å². The summed E-state index contributed by atoms with van der Waals surface area (Å²) in [5, 5.41) is 17.6. The molecule has 4 aliphatic carbocycles. The first kappa shape index (κ1) is 17.7. The van der Waals surface area contributed by atoms with Crippen LogP contribution in [0.5, 0.6) is 0 Å². The number of hydrogen-bond acceptors (Lipinski definition) is 4. The number of carboxylic acid groups (broad SMARTS) is 1. The fourth-order valence-electron chi connectivity index (χ4n) is 6.25. The topological polar surface area (TPSA) is 84.2 Å². The fourth-order valence-corrected chi connectivity index (χ4v) is 6.42. The third kappa shape index (κ3) is 2.58. The quantitative estimate of drug-likeness (QED) is 0.815. The number of para-hydroxylation sites is 1. The van der Waals surface area contributed by atoms with E-state index in [-0.39, 0.29) is 10.9 Å². The number of rotatable bonds is 4. The predicted octanol–water partition coefficient (Wildman–Crippen LogP) is 3.88. The van der Waals surface area contributed by atoms with E-state index < -0.39 is 23.0 Å².